The van der Waals surface area contributed by atoms with Crippen LogP contribution in [0.2, 0.25) is 0 Å². The van der Waals surface area contributed by atoms with Crippen molar-refractivity contribution < 1.29 is 9.59 Å². The van der Waals surface area contributed by atoms with E-state index < -0.39 is 0 Å². The first kappa shape index (κ1) is 31.5. The van der Waals surface area contributed by atoms with Crippen LogP contribution in [0.5, 0.6) is 0 Å². The van der Waals surface area contributed by atoms with Crippen molar-refractivity contribution in [2.45, 2.75) is 79.1 Å². The van der Waals surface area contributed by atoms with E-state index in [2.05, 4.69) is 48.1 Å². The van der Waals surface area contributed by atoms with Gasteiger partial charge in [0.1, 0.15) is 0 Å². The summed E-state index contributed by atoms with van der Waals surface area (Å²) in [6.07, 6.45) is 9.19. The van der Waals surface area contributed by atoms with Gasteiger partial charge in [-0.05, 0) is 87.3 Å². The number of nitrogens with zero attached hydrogens (tertiary/aromatic N) is 2. The third-order valence-electron chi connectivity index (χ3n) is 6.87. The van der Waals surface area contributed by atoms with E-state index in [1.807, 2.05) is 48.5 Å². The van der Waals surface area contributed by atoms with Crippen molar-refractivity contribution in [3.63, 3.8) is 0 Å². The fourth-order valence-corrected chi connectivity index (χ4v) is 4.27. The van der Waals surface area contributed by atoms with E-state index in [1.165, 1.54) is 0 Å². The van der Waals surface area contributed by atoms with Crippen LogP contribution in [0.25, 0.3) is 11.1 Å². The molecule has 0 aliphatic heterocycles. The van der Waals surface area contributed by atoms with E-state index in [1.54, 1.807) is 0 Å². The highest BCUT2D eigenvalue weighted by Gasteiger charge is 2.11. The number of unbranched alkanes of at least 4 members (excludes halogenated alkanes) is 4. The van der Waals surface area contributed by atoms with Gasteiger partial charge in [0, 0.05) is 11.1 Å². The lowest BCUT2D eigenvalue weighted by Gasteiger charge is -2.22. The fourth-order valence-electron chi connectivity index (χ4n) is 4.27. The average molecular weight is 523 g/mol. The molecule has 0 atom stereocenters. The van der Waals surface area contributed by atoms with E-state index in [4.69, 9.17) is 0 Å². The highest BCUT2D eigenvalue weighted by Crippen LogP contribution is 2.20. The largest absolute Gasteiger partial charge is 0.339 e. The SMILES string of the molecule is CCCCN(CCCC)CNC(=O)c1ccc(-c2ccc(C(=O)NCN(CCCC)CCCC)cc2)cc1. The Morgan fingerprint density at radius 3 is 1.08 bits per heavy atom. The lowest BCUT2D eigenvalue weighted by atomic mass is 10.0. The molecule has 6 heteroatoms. The minimum atomic E-state index is -0.0477. The molecule has 0 saturated carbocycles. The molecule has 0 heterocycles. The summed E-state index contributed by atoms with van der Waals surface area (Å²) in [5.41, 5.74) is 3.36. The van der Waals surface area contributed by atoms with E-state index in [9.17, 15) is 9.59 Å². The van der Waals surface area contributed by atoms with Crippen molar-refractivity contribution in [2.24, 2.45) is 0 Å². The summed E-state index contributed by atoms with van der Waals surface area (Å²) in [6.45, 7) is 14.0. The van der Waals surface area contributed by atoms with Gasteiger partial charge < -0.3 is 10.6 Å². The number of amides is 2. The highest BCUT2D eigenvalue weighted by atomic mass is 16.2. The molecule has 0 fully saturated rings. The van der Waals surface area contributed by atoms with Gasteiger partial charge in [-0.3, -0.25) is 19.4 Å². The van der Waals surface area contributed by atoms with Crippen LogP contribution in [-0.4, -0.2) is 61.1 Å². The number of nitrogens with one attached hydrogen (secondary N) is 2. The van der Waals surface area contributed by atoms with E-state index in [0.29, 0.717) is 24.5 Å². The molecule has 0 saturated heterocycles. The lowest BCUT2D eigenvalue weighted by molar-refractivity contribution is 0.0913. The third-order valence-corrected chi connectivity index (χ3v) is 6.87. The molecule has 2 rings (SSSR count). The Balaban J connectivity index is 1.91. The summed E-state index contributed by atoms with van der Waals surface area (Å²) in [5, 5.41) is 6.15. The summed E-state index contributed by atoms with van der Waals surface area (Å²) in [5.74, 6) is -0.0954. The number of carbonyl (C=O) groups is 2. The molecular formula is C32H50N4O2. The zero-order valence-electron chi connectivity index (χ0n) is 24.2. The fraction of sp³-hybridized carbons (Fsp3) is 0.562. The molecule has 0 aliphatic carbocycles. The van der Waals surface area contributed by atoms with Crippen molar-refractivity contribution in [1.82, 2.24) is 20.4 Å². The van der Waals surface area contributed by atoms with Gasteiger partial charge in [-0.1, -0.05) is 77.6 Å². The van der Waals surface area contributed by atoms with E-state index in [-0.39, 0.29) is 11.8 Å². The van der Waals surface area contributed by atoms with Crippen LogP contribution < -0.4 is 10.6 Å². The quantitative estimate of drug-likeness (QED) is 0.206. The molecule has 0 unspecified atom stereocenters. The van der Waals surface area contributed by atoms with Crippen LogP contribution in [0.3, 0.4) is 0 Å². The van der Waals surface area contributed by atoms with Crippen molar-refractivity contribution in [3.05, 3.63) is 59.7 Å². The van der Waals surface area contributed by atoms with Gasteiger partial charge in [0.05, 0.1) is 13.3 Å². The number of hydrogen-bond donors (Lipinski definition) is 2. The summed E-state index contributed by atoms with van der Waals surface area (Å²) in [4.78, 5) is 30.1. The topological polar surface area (TPSA) is 64.7 Å². The molecule has 2 amide bonds. The standard InChI is InChI=1S/C32H50N4O2/c1-5-9-21-35(22-10-6-2)25-33-31(37)29-17-13-27(14-18-29)28-15-19-30(20-16-28)32(38)34-26-36(23-11-7-3)24-12-8-4/h13-20H,5-12,21-26H2,1-4H3,(H,33,37)(H,34,38). The Morgan fingerprint density at radius 1 is 0.526 bits per heavy atom. The van der Waals surface area contributed by atoms with Crippen LogP contribution in [0.1, 0.15) is 99.8 Å². The van der Waals surface area contributed by atoms with Crippen molar-refractivity contribution in [2.75, 3.05) is 39.5 Å². The van der Waals surface area contributed by atoms with Crippen LogP contribution in [0.4, 0.5) is 0 Å². The van der Waals surface area contributed by atoms with Crippen molar-refractivity contribution in [1.29, 1.82) is 0 Å². The molecule has 2 aromatic carbocycles. The average Bonchev–Trinajstić information content (AvgIpc) is 2.96. The van der Waals surface area contributed by atoms with Gasteiger partial charge >= 0.3 is 0 Å². The van der Waals surface area contributed by atoms with E-state index >= 15 is 0 Å². The summed E-state index contributed by atoms with van der Waals surface area (Å²) in [7, 11) is 0. The zero-order chi connectivity index (χ0) is 27.6. The van der Waals surface area contributed by atoms with Crippen LogP contribution in [0, 0.1) is 0 Å². The van der Waals surface area contributed by atoms with Crippen LogP contribution >= 0.6 is 0 Å². The molecule has 2 aromatic rings. The molecule has 210 valence electrons. The Labute approximate surface area is 231 Å². The maximum Gasteiger partial charge on any atom is 0.252 e. The molecule has 0 bridgehead atoms. The summed E-state index contributed by atoms with van der Waals surface area (Å²) in [6, 6.07) is 15.3. The minimum Gasteiger partial charge on any atom is -0.339 e. The molecule has 0 spiro atoms. The molecule has 0 aromatic heterocycles. The molecule has 0 aliphatic rings. The predicted molar refractivity (Wildman–Crippen MR) is 159 cm³/mol. The predicted octanol–water partition coefficient (Wildman–Crippen LogP) is 6.53. The lowest BCUT2D eigenvalue weighted by Crippen LogP contribution is -2.38. The smallest absolute Gasteiger partial charge is 0.252 e. The summed E-state index contributed by atoms with van der Waals surface area (Å²) < 4.78 is 0. The Hall–Kier alpha value is -2.70. The molecular weight excluding hydrogens is 472 g/mol. The Kier molecular flexibility index (Phi) is 15.4. The molecule has 0 radical (unpaired) electrons. The number of hydrogen-bond acceptors (Lipinski definition) is 4. The van der Waals surface area contributed by atoms with Gasteiger partial charge in [-0.2, -0.15) is 0 Å². The molecule has 6 nitrogen and oxygen atoms in total. The first-order valence-electron chi connectivity index (χ1n) is 14.7. The maximum atomic E-state index is 12.7. The van der Waals surface area contributed by atoms with Crippen molar-refractivity contribution in [3.8, 4) is 11.1 Å². The Morgan fingerprint density at radius 2 is 0.816 bits per heavy atom. The number of carbonyl (C=O) groups excluding carboxylic acids is 2. The molecule has 2 N–H and O–H groups in total. The normalized spacial score (nSPS) is 11.2. The second-order valence-corrected chi connectivity index (χ2v) is 10.1. The second kappa shape index (κ2) is 18.5. The maximum absolute atomic E-state index is 12.7. The number of benzene rings is 2. The zero-order valence-corrected chi connectivity index (χ0v) is 24.2. The van der Waals surface area contributed by atoms with E-state index in [0.717, 1.165) is 88.7 Å². The third kappa shape index (κ3) is 11.4. The summed E-state index contributed by atoms with van der Waals surface area (Å²) >= 11 is 0. The van der Waals surface area contributed by atoms with Gasteiger partial charge in [-0.15, -0.1) is 0 Å². The van der Waals surface area contributed by atoms with Gasteiger partial charge in [0.15, 0.2) is 0 Å². The van der Waals surface area contributed by atoms with Crippen molar-refractivity contribution >= 4 is 11.8 Å². The first-order valence-corrected chi connectivity index (χ1v) is 14.7. The Bertz CT molecular complexity index is 834. The molecule has 38 heavy (non-hydrogen) atoms. The first-order chi connectivity index (χ1) is 18.5. The second-order valence-electron chi connectivity index (χ2n) is 10.1. The number of rotatable bonds is 19. The van der Waals surface area contributed by atoms with Crippen LogP contribution in [-0.2, 0) is 0 Å². The highest BCUT2D eigenvalue weighted by molar-refractivity contribution is 5.95. The van der Waals surface area contributed by atoms with Crippen LogP contribution in [0.15, 0.2) is 48.5 Å². The monoisotopic (exact) mass is 522 g/mol. The minimum absolute atomic E-state index is 0.0477. The van der Waals surface area contributed by atoms with Gasteiger partial charge in [-0.25, -0.2) is 0 Å². The van der Waals surface area contributed by atoms with Gasteiger partial charge in [0.25, 0.3) is 11.8 Å². The van der Waals surface area contributed by atoms with Gasteiger partial charge in [0.2, 0.25) is 0 Å².